The lowest BCUT2D eigenvalue weighted by Crippen LogP contribution is -1.88. The van der Waals surface area contributed by atoms with Crippen molar-refractivity contribution in [2.24, 2.45) is 0 Å². The molecule has 0 unspecified atom stereocenters. The summed E-state index contributed by atoms with van der Waals surface area (Å²) in [6.45, 7) is 4.69. The minimum Gasteiger partial charge on any atom is -0.295 e. The van der Waals surface area contributed by atoms with Crippen molar-refractivity contribution in [3.05, 3.63) is 48.0 Å². The van der Waals surface area contributed by atoms with Gasteiger partial charge in [-0.25, -0.2) is 0 Å². The Morgan fingerprint density at radius 1 is 1.42 bits per heavy atom. The molecule has 0 aliphatic heterocycles. The average molecular weight is 183 g/mol. The average Bonchev–Trinajstić information content (AvgIpc) is 2.07. The van der Waals surface area contributed by atoms with Crippen LogP contribution in [0.25, 0.3) is 0 Å². The summed E-state index contributed by atoms with van der Waals surface area (Å²) in [6, 6.07) is 9.23. The standard InChI is InChI=1S/C8H8O.C2H3Cl/c1-7(9)8-5-3-2-4-6-8;1-2-3/h2-6H,1H3;2H,1H2. The Morgan fingerprint density at radius 2 is 1.83 bits per heavy atom. The van der Waals surface area contributed by atoms with Crippen LogP contribution in [0.2, 0.25) is 0 Å². The van der Waals surface area contributed by atoms with E-state index in [9.17, 15) is 4.79 Å². The van der Waals surface area contributed by atoms with Crippen LogP contribution in [0.5, 0.6) is 0 Å². The predicted octanol–water partition coefficient (Wildman–Crippen LogP) is 3.26. The number of carbonyl (C=O) groups is 1. The van der Waals surface area contributed by atoms with Crippen molar-refractivity contribution in [2.45, 2.75) is 6.92 Å². The summed E-state index contributed by atoms with van der Waals surface area (Å²) in [5, 5.41) is 0. The van der Waals surface area contributed by atoms with Crippen molar-refractivity contribution >= 4 is 17.4 Å². The molecular weight excluding hydrogens is 172 g/mol. The molecule has 2 heteroatoms. The van der Waals surface area contributed by atoms with Gasteiger partial charge in [0.25, 0.3) is 0 Å². The molecule has 0 aliphatic carbocycles. The molecule has 1 aromatic carbocycles. The van der Waals surface area contributed by atoms with Gasteiger partial charge in [0.15, 0.2) is 5.78 Å². The zero-order valence-corrected chi connectivity index (χ0v) is 7.71. The Hall–Kier alpha value is -1.08. The van der Waals surface area contributed by atoms with Gasteiger partial charge in [-0.05, 0) is 12.5 Å². The third kappa shape index (κ3) is 4.69. The quantitative estimate of drug-likeness (QED) is 0.610. The van der Waals surface area contributed by atoms with E-state index in [0.29, 0.717) is 0 Å². The van der Waals surface area contributed by atoms with Crippen LogP contribution in [0.3, 0.4) is 0 Å². The Bertz CT molecular complexity index is 241. The molecule has 0 heterocycles. The molecule has 1 nitrogen and oxygen atoms in total. The normalized spacial score (nSPS) is 7.83. The summed E-state index contributed by atoms with van der Waals surface area (Å²) in [5.41, 5.74) is 2.00. The van der Waals surface area contributed by atoms with Gasteiger partial charge in [-0.2, -0.15) is 0 Å². The molecule has 0 aromatic heterocycles. The van der Waals surface area contributed by atoms with Crippen LogP contribution in [-0.4, -0.2) is 5.78 Å². The molecule has 0 N–H and O–H groups in total. The maximum atomic E-state index is 10.6. The molecule has 0 saturated carbocycles. The third-order valence-electron chi connectivity index (χ3n) is 1.18. The lowest BCUT2D eigenvalue weighted by molar-refractivity contribution is 0.101. The molecule has 0 bridgehead atoms. The van der Waals surface area contributed by atoms with Crippen molar-refractivity contribution in [1.82, 2.24) is 0 Å². The first kappa shape index (κ1) is 10.9. The van der Waals surface area contributed by atoms with Crippen LogP contribution >= 0.6 is 11.6 Å². The molecule has 0 radical (unpaired) electrons. The van der Waals surface area contributed by atoms with Gasteiger partial charge in [0.1, 0.15) is 0 Å². The maximum Gasteiger partial charge on any atom is 0.159 e. The topological polar surface area (TPSA) is 17.1 Å². The van der Waals surface area contributed by atoms with E-state index in [2.05, 4.69) is 6.58 Å². The van der Waals surface area contributed by atoms with Gasteiger partial charge in [0.05, 0.1) is 0 Å². The molecule has 12 heavy (non-hydrogen) atoms. The highest BCUT2D eigenvalue weighted by Crippen LogP contribution is 1.97. The summed E-state index contributed by atoms with van der Waals surface area (Å²) < 4.78 is 0. The molecule has 1 aromatic rings. The lowest BCUT2D eigenvalue weighted by atomic mass is 10.2. The third-order valence-corrected chi connectivity index (χ3v) is 1.18. The minimum absolute atomic E-state index is 0.121. The Balaban J connectivity index is 0.000000354. The van der Waals surface area contributed by atoms with E-state index in [0.717, 1.165) is 5.56 Å². The maximum absolute atomic E-state index is 10.6. The Morgan fingerprint density at radius 3 is 2.08 bits per heavy atom. The number of ketones is 1. The molecule has 0 fully saturated rings. The van der Waals surface area contributed by atoms with E-state index >= 15 is 0 Å². The summed E-state index contributed by atoms with van der Waals surface area (Å²) in [5.74, 6) is 0.121. The van der Waals surface area contributed by atoms with Crippen molar-refractivity contribution in [2.75, 3.05) is 0 Å². The fourth-order valence-corrected chi connectivity index (χ4v) is 0.673. The van der Waals surface area contributed by atoms with Crippen LogP contribution < -0.4 is 0 Å². The van der Waals surface area contributed by atoms with Gasteiger partial charge in [-0.3, -0.25) is 4.79 Å². The van der Waals surface area contributed by atoms with E-state index in [4.69, 9.17) is 11.6 Å². The SMILES string of the molecule is C=CCl.CC(=O)c1ccccc1. The van der Waals surface area contributed by atoms with E-state index in [1.54, 1.807) is 6.92 Å². The van der Waals surface area contributed by atoms with E-state index in [-0.39, 0.29) is 5.78 Å². The van der Waals surface area contributed by atoms with Crippen LogP contribution in [-0.2, 0) is 0 Å². The second-order valence-electron chi connectivity index (χ2n) is 2.08. The lowest BCUT2D eigenvalue weighted by Gasteiger charge is -1.89. The number of hydrogen-bond acceptors (Lipinski definition) is 1. The number of rotatable bonds is 1. The second-order valence-corrected chi connectivity index (χ2v) is 2.39. The molecule has 0 atom stereocenters. The highest BCUT2D eigenvalue weighted by Gasteiger charge is 1.92. The van der Waals surface area contributed by atoms with Crippen LogP contribution in [0.4, 0.5) is 0 Å². The van der Waals surface area contributed by atoms with Gasteiger partial charge in [0.2, 0.25) is 0 Å². The highest BCUT2D eigenvalue weighted by molar-refractivity contribution is 6.25. The summed E-state index contributed by atoms with van der Waals surface area (Å²) in [6.07, 6.45) is 0. The summed E-state index contributed by atoms with van der Waals surface area (Å²) in [4.78, 5) is 10.6. The van der Waals surface area contributed by atoms with Crippen molar-refractivity contribution in [1.29, 1.82) is 0 Å². The van der Waals surface area contributed by atoms with E-state index < -0.39 is 0 Å². The minimum atomic E-state index is 0.121. The molecule has 1 rings (SSSR count). The molecule has 0 amide bonds. The first-order chi connectivity index (χ1) is 5.72. The molecular formula is C10H11ClO. The fourth-order valence-electron chi connectivity index (χ4n) is 0.673. The Kier molecular flexibility index (Phi) is 6.02. The van der Waals surface area contributed by atoms with Crippen molar-refractivity contribution in [3.63, 3.8) is 0 Å². The number of halogens is 1. The summed E-state index contributed by atoms with van der Waals surface area (Å²) >= 11 is 4.76. The van der Waals surface area contributed by atoms with Crippen molar-refractivity contribution in [3.8, 4) is 0 Å². The van der Waals surface area contributed by atoms with Crippen LogP contribution in [0.1, 0.15) is 17.3 Å². The monoisotopic (exact) mass is 182 g/mol. The fraction of sp³-hybridized carbons (Fsp3) is 0.100. The number of Topliss-reactive ketones (excluding diaryl/α,β-unsaturated/α-hetero) is 1. The van der Waals surface area contributed by atoms with Crippen LogP contribution in [0, 0.1) is 0 Å². The largest absolute Gasteiger partial charge is 0.295 e. The zero-order valence-electron chi connectivity index (χ0n) is 6.96. The zero-order chi connectivity index (χ0) is 9.40. The summed E-state index contributed by atoms with van der Waals surface area (Å²) in [7, 11) is 0. The smallest absolute Gasteiger partial charge is 0.159 e. The molecule has 0 spiro atoms. The van der Waals surface area contributed by atoms with Gasteiger partial charge in [-0.1, -0.05) is 48.5 Å². The molecule has 64 valence electrons. The van der Waals surface area contributed by atoms with Gasteiger partial charge < -0.3 is 0 Å². The van der Waals surface area contributed by atoms with E-state index in [1.807, 2.05) is 30.3 Å². The van der Waals surface area contributed by atoms with Gasteiger partial charge >= 0.3 is 0 Å². The van der Waals surface area contributed by atoms with Gasteiger partial charge in [0, 0.05) is 5.56 Å². The van der Waals surface area contributed by atoms with Gasteiger partial charge in [-0.15, -0.1) is 0 Å². The first-order valence-electron chi connectivity index (χ1n) is 3.49. The Labute approximate surface area is 77.7 Å². The predicted molar refractivity (Wildman–Crippen MR) is 52.5 cm³/mol. The van der Waals surface area contributed by atoms with E-state index in [1.165, 1.54) is 5.54 Å². The number of benzene rings is 1. The molecule has 0 aliphatic rings. The highest BCUT2D eigenvalue weighted by atomic mass is 35.5. The first-order valence-corrected chi connectivity index (χ1v) is 3.93. The number of carbonyl (C=O) groups excluding carboxylic acids is 1. The number of hydrogen-bond donors (Lipinski definition) is 0. The van der Waals surface area contributed by atoms with Crippen LogP contribution in [0.15, 0.2) is 42.4 Å². The molecule has 0 saturated heterocycles. The van der Waals surface area contributed by atoms with Crippen molar-refractivity contribution < 1.29 is 4.79 Å². The second kappa shape index (κ2) is 6.62.